The van der Waals surface area contributed by atoms with Crippen LogP contribution in [0.5, 0.6) is 5.75 Å². The van der Waals surface area contributed by atoms with Gasteiger partial charge in [0.2, 0.25) is 10.0 Å². The van der Waals surface area contributed by atoms with Crippen LogP contribution < -0.4 is 10.1 Å². The van der Waals surface area contributed by atoms with Gasteiger partial charge in [-0.15, -0.1) is 0 Å². The standard InChI is InChI=1S/C16H24N2O6S/c1-6-9-17-15(19)11(2)24-16(20)12-7-8-13(23-5)14(10-12)25(21,22)18(3)4/h7-8,10-11H,6,9H2,1-5H3,(H,17,19). The molecular formula is C16H24N2O6S. The van der Waals surface area contributed by atoms with E-state index in [1.807, 2.05) is 6.92 Å². The lowest BCUT2D eigenvalue weighted by molar-refractivity contribution is -0.129. The average molecular weight is 372 g/mol. The van der Waals surface area contributed by atoms with Crippen molar-refractivity contribution in [3.63, 3.8) is 0 Å². The molecular weight excluding hydrogens is 348 g/mol. The second-order valence-electron chi connectivity index (χ2n) is 5.49. The molecule has 0 aromatic heterocycles. The Morgan fingerprint density at radius 2 is 1.92 bits per heavy atom. The van der Waals surface area contributed by atoms with Gasteiger partial charge < -0.3 is 14.8 Å². The monoisotopic (exact) mass is 372 g/mol. The highest BCUT2D eigenvalue weighted by molar-refractivity contribution is 7.89. The SMILES string of the molecule is CCCNC(=O)C(C)OC(=O)c1ccc(OC)c(S(=O)(=O)N(C)C)c1. The number of sulfonamides is 1. The molecule has 8 nitrogen and oxygen atoms in total. The number of rotatable bonds is 8. The first-order valence-corrected chi connectivity index (χ1v) is 9.18. The Bertz CT molecular complexity index is 730. The molecule has 0 aliphatic heterocycles. The molecule has 0 fully saturated rings. The number of amides is 1. The van der Waals surface area contributed by atoms with E-state index in [1.165, 1.54) is 46.3 Å². The Labute approximate surface area is 148 Å². The Morgan fingerprint density at radius 3 is 2.44 bits per heavy atom. The Hall–Kier alpha value is -2.13. The molecule has 25 heavy (non-hydrogen) atoms. The maximum atomic E-state index is 12.4. The maximum absolute atomic E-state index is 12.4. The van der Waals surface area contributed by atoms with E-state index < -0.39 is 28.0 Å². The van der Waals surface area contributed by atoms with E-state index in [1.54, 1.807) is 0 Å². The number of carbonyl (C=O) groups excluding carboxylic acids is 2. The quantitative estimate of drug-likeness (QED) is 0.684. The molecule has 1 unspecified atom stereocenters. The van der Waals surface area contributed by atoms with Crippen molar-refractivity contribution in [2.24, 2.45) is 0 Å². The molecule has 0 radical (unpaired) electrons. The summed E-state index contributed by atoms with van der Waals surface area (Å²) in [5, 5.41) is 2.62. The molecule has 0 spiro atoms. The molecule has 140 valence electrons. The first-order chi connectivity index (χ1) is 11.6. The van der Waals surface area contributed by atoms with E-state index in [9.17, 15) is 18.0 Å². The molecule has 0 saturated heterocycles. The van der Waals surface area contributed by atoms with E-state index in [2.05, 4.69) is 5.32 Å². The third kappa shape index (κ3) is 5.17. The Kier molecular flexibility index (Phi) is 7.38. The molecule has 1 N–H and O–H groups in total. The zero-order valence-corrected chi connectivity index (χ0v) is 15.8. The number of nitrogens with zero attached hydrogens (tertiary/aromatic N) is 1. The van der Waals surface area contributed by atoms with Gasteiger partial charge in [-0.2, -0.15) is 0 Å². The van der Waals surface area contributed by atoms with Crippen LogP contribution in [0.2, 0.25) is 0 Å². The van der Waals surface area contributed by atoms with Crippen LogP contribution >= 0.6 is 0 Å². The summed E-state index contributed by atoms with van der Waals surface area (Å²) < 4.78 is 35.9. The van der Waals surface area contributed by atoms with Gasteiger partial charge in [-0.25, -0.2) is 17.5 Å². The van der Waals surface area contributed by atoms with Crippen LogP contribution in [0.4, 0.5) is 0 Å². The van der Waals surface area contributed by atoms with Gasteiger partial charge in [-0.3, -0.25) is 4.79 Å². The number of hydrogen-bond acceptors (Lipinski definition) is 6. The number of nitrogens with one attached hydrogen (secondary N) is 1. The summed E-state index contributed by atoms with van der Waals surface area (Å²) in [6, 6.07) is 3.93. The van der Waals surface area contributed by atoms with Gasteiger partial charge in [0.25, 0.3) is 5.91 Å². The normalized spacial score (nSPS) is 12.6. The Balaban J connectivity index is 3.07. The van der Waals surface area contributed by atoms with Gasteiger partial charge in [0.05, 0.1) is 12.7 Å². The predicted octanol–water partition coefficient (Wildman–Crippen LogP) is 1.02. The van der Waals surface area contributed by atoms with Crippen molar-refractivity contribution in [2.75, 3.05) is 27.7 Å². The maximum Gasteiger partial charge on any atom is 0.338 e. The molecule has 0 saturated carbocycles. The van der Waals surface area contributed by atoms with Gasteiger partial charge in [0, 0.05) is 20.6 Å². The second-order valence-corrected chi connectivity index (χ2v) is 7.61. The van der Waals surface area contributed by atoms with Crippen molar-refractivity contribution in [3.8, 4) is 5.75 Å². The van der Waals surface area contributed by atoms with E-state index in [0.717, 1.165) is 10.7 Å². The fourth-order valence-electron chi connectivity index (χ4n) is 1.88. The van der Waals surface area contributed by atoms with Gasteiger partial charge in [0.1, 0.15) is 10.6 Å². The third-order valence-corrected chi connectivity index (χ3v) is 5.20. The molecule has 0 aliphatic rings. The summed E-state index contributed by atoms with van der Waals surface area (Å²) in [4.78, 5) is 23.8. The van der Waals surface area contributed by atoms with Crippen LogP contribution in [-0.2, 0) is 19.6 Å². The summed E-state index contributed by atoms with van der Waals surface area (Å²) in [7, 11) is 0.274. The smallest absolute Gasteiger partial charge is 0.338 e. The van der Waals surface area contributed by atoms with E-state index in [-0.39, 0.29) is 16.2 Å². The zero-order valence-electron chi connectivity index (χ0n) is 15.0. The third-order valence-electron chi connectivity index (χ3n) is 3.36. The zero-order chi connectivity index (χ0) is 19.2. The van der Waals surface area contributed by atoms with Gasteiger partial charge >= 0.3 is 5.97 Å². The van der Waals surface area contributed by atoms with Gasteiger partial charge in [0.15, 0.2) is 6.10 Å². The molecule has 1 rings (SSSR count). The van der Waals surface area contributed by atoms with Crippen molar-refractivity contribution in [1.29, 1.82) is 0 Å². The number of methoxy groups -OCH3 is 1. The van der Waals surface area contributed by atoms with Gasteiger partial charge in [-0.05, 0) is 31.5 Å². The van der Waals surface area contributed by atoms with Crippen molar-refractivity contribution >= 4 is 21.9 Å². The fourth-order valence-corrected chi connectivity index (χ4v) is 2.95. The molecule has 0 aliphatic carbocycles. The van der Waals surface area contributed by atoms with Crippen LogP contribution in [0.15, 0.2) is 23.1 Å². The first kappa shape index (κ1) is 20.9. The van der Waals surface area contributed by atoms with Crippen LogP contribution in [-0.4, -0.2) is 58.5 Å². The highest BCUT2D eigenvalue weighted by atomic mass is 32.2. The van der Waals surface area contributed by atoms with Crippen LogP contribution in [0, 0.1) is 0 Å². The van der Waals surface area contributed by atoms with Crippen LogP contribution in [0.25, 0.3) is 0 Å². The number of esters is 1. The molecule has 1 aromatic carbocycles. The summed E-state index contributed by atoms with van der Waals surface area (Å²) in [5.41, 5.74) is 0.0105. The van der Waals surface area contributed by atoms with Crippen LogP contribution in [0.3, 0.4) is 0 Å². The molecule has 9 heteroatoms. The van der Waals surface area contributed by atoms with Gasteiger partial charge in [-0.1, -0.05) is 6.92 Å². The lowest BCUT2D eigenvalue weighted by atomic mass is 10.2. The molecule has 0 bridgehead atoms. The molecule has 1 amide bonds. The van der Waals surface area contributed by atoms with E-state index in [4.69, 9.17) is 9.47 Å². The minimum atomic E-state index is -3.81. The Morgan fingerprint density at radius 1 is 1.28 bits per heavy atom. The molecule has 1 atom stereocenters. The van der Waals surface area contributed by atoms with Crippen molar-refractivity contribution in [1.82, 2.24) is 9.62 Å². The summed E-state index contributed by atoms with van der Waals surface area (Å²) >= 11 is 0. The second kappa shape index (κ2) is 8.82. The summed E-state index contributed by atoms with van der Waals surface area (Å²) in [5.74, 6) is -1.10. The average Bonchev–Trinajstić information content (AvgIpc) is 2.58. The highest BCUT2D eigenvalue weighted by Gasteiger charge is 2.25. The largest absolute Gasteiger partial charge is 0.495 e. The van der Waals surface area contributed by atoms with Crippen LogP contribution in [0.1, 0.15) is 30.6 Å². The minimum absolute atomic E-state index is 0.0105. The number of benzene rings is 1. The lowest BCUT2D eigenvalue weighted by Gasteiger charge is -2.16. The topological polar surface area (TPSA) is 102 Å². The number of carbonyl (C=O) groups is 2. The van der Waals surface area contributed by atoms with E-state index in [0.29, 0.717) is 6.54 Å². The molecule has 1 aromatic rings. The van der Waals surface area contributed by atoms with E-state index >= 15 is 0 Å². The predicted molar refractivity (Wildman–Crippen MR) is 92.0 cm³/mol. The number of ether oxygens (including phenoxy) is 2. The fraction of sp³-hybridized carbons (Fsp3) is 0.500. The first-order valence-electron chi connectivity index (χ1n) is 7.74. The summed E-state index contributed by atoms with van der Waals surface area (Å²) in [6.45, 7) is 3.83. The number of hydrogen-bond donors (Lipinski definition) is 1. The molecule has 0 heterocycles. The minimum Gasteiger partial charge on any atom is -0.495 e. The van der Waals surface area contributed by atoms with Crippen molar-refractivity contribution in [3.05, 3.63) is 23.8 Å². The summed E-state index contributed by atoms with van der Waals surface area (Å²) in [6.07, 6.45) is -0.230. The van der Waals surface area contributed by atoms with Crippen molar-refractivity contribution in [2.45, 2.75) is 31.3 Å². The highest BCUT2D eigenvalue weighted by Crippen LogP contribution is 2.27. The lowest BCUT2D eigenvalue weighted by Crippen LogP contribution is -2.36. The van der Waals surface area contributed by atoms with Crippen molar-refractivity contribution < 1.29 is 27.5 Å².